The Bertz CT molecular complexity index is 917. The van der Waals surface area contributed by atoms with Gasteiger partial charge in [0.25, 0.3) is 5.91 Å². The number of carbonyl (C=O) groups excluding carboxylic acids is 1. The van der Waals surface area contributed by atoms with Gasteiger partial charge in [0.1, 0.15) is 23.3 Å². The quantitative estimate of drug-likeness (QED) is 0.620. The van der Waals surface area contributed by atoms with E-state index in [2.05, 4.69) is 30.9 Å². The summed E-state index contributed by atoms with van der Waals surface area (Å²) in [5.74, 6) is 0.930. The first kappa shape index (κ1) is 18.2. The number of carbonyl (C=O) groups is 1. The fraction of sp³-hybridized carbons (Fsp3) is 0.158. The van der Waals surface area contributed by atoms with Crippen LogP contribution in [0.5, 0.6) is 0 Å². The van der Waals surface area contributed by atoms with Crippen molar-refractivity contribution < 1.29 is 9.18 Å². The van der Waals surface area contributed by atoms with Crippen LogP contribution in [-0.2, 0) is 0 Å². The van der Waals surface area contributed by atoms with Crippen LogP contribution in [0.25, 0.3) is 0 Å². The zero-order chi connectivity index (χ0) is 19.2. The molecule has 2 heterocycles. The van der Waals surface area contributed by atoms with Gasteiger partial charge in [-0.05, 0) is 36.8 Å². The van der Waals surface area contributed by atoms with Crippen molar-refractivity contribution in [3.63, 3.8) is 0 Å². The summed E-state index contributed by atoms with van der Waals surface area (Å²) in [5, 5.41) is 8.86. The number of rotatable bonds is 6. The average Bonchev–Trinajstić information content (AvgIpc) is 2.68. The highest BCUT2D eigenvalue weighted by Gasteiger charge is 2.12. The van der Waals surface area contributed by atoms with E-state index in [9.17, 15) is 9.18 Å². The smallest absolute Gasteiger partial charge is 0.251 e. The Labute approximate surface area is 156 Å². The summed E-state index contributed by atoms with van der Waals surface area (Å²) in [5.41, 5.74) is 1.33. The molecule has 1 amide bonds. The fourth-order valence-electron chi connectivity index (χ4n) is 2.50. The van der Waals surface area contributed by atoms with Crippen LogP contribution in [0.15, 0.2) is 55.0 Å². The maximum absolute atomic E-state index is 13.1. The molecule has 0 aliphatic carbocycles. The monoisotopic (exact) mass is 366 g/mol. The summed E-state index contributed by atoms with van der Waals surface area (Å²) in [6.07, 6.45) is 4.68. The van der Waals surface area contributed by atoms with E-state index in [0.29, 0.717) is 23.0 Å². The van der Waals surface area contributed by atoms with Crippen molar-refractivity contribution in [2.24, 2.45) is 0 Å². The van der Waals surface area contributed by atoms with Crippen molar-refractivity contribution in [1.82, 2.24) is 20.3 Å². The lowest BCUT2D eigenvalue weighted by atomic mass is 10.1. The SMILES string of the molecule is CNC(=O)c1cc(Nc2cnccn2)nc(NC(C)c2ccc(F)cc2)c1. The maximum Gasteiger partial charge on any atom is 0.251 e. The molecule has 0 saturated carbocycles. The molecule has 27 heavy (non-hydrogen) atoms. The summed E-state index contributed by atoms with van der Waals surface area (Å²) in [4.78, 5) is 24.7. The highest BCUT2D eigenvalue weighted by atomic mass is 19.1. The minimum Gasteiger partial charge on any atom is -0.363 e. The van der Waals surface area contributed by atoms with E-state index < -0.39 is 0 Å². The Kier molecular flexibility index (Phi) is 5.55. The third-order valence-corrected chi connectivity index (χ3v) is 3.87. The fourth-order valence-corrected chi connectivity index (χ4v) is 2.50. The Morgan fingerprint density at radius 3 is 2.48 bits per heavy atom. The number of benzene rings is 1. The molecule has 0 spiro atoms. The summed E-state index contributed by atoms with van der Waals surface area (Å²) in [6, 6.07) is 9.36. The Balaban J connectivity index is 1.87. The van der Waals surface area contributed by atoms with Gasteiger partial charge in [-0.15, -0.1) is 0 Å². The van der Waals surface area contributed by atoms with Gasteiger partial charge in [-0.2, -0.15) is 0 Å². The van der Waals surface area contributed by atoms with Gasteiger partial charge in [0.15, 0.2) is 0 Å². The van der Waals surface area contributed by atoms with Gasteiger partial charge in [0.2, 0.25) is 0 Å². The molecule has 8 heteroatoms. The highest BCUT2D eigenvalue weighted by Crippen LogP contribution is 2.22. The van der Waals surface area contributed by atoms with Gasteiger partial charge in [0.05, 0.1) is 6.20 Å². The van der Waals surface area contributed by atoms with Crippen molar-refractivity contribution in [2.45, 2.75) is 13.0 Å². The summed E-state index contributed by atoms with van der Waals surface area (Å²) in [6.45, 7) is 1.93. The van der Waals surface area contributed by atoms with Crippen LogP contribution in [0.4, 0.5) is 21.8 Å². The van der Waals surface area contributed by atoms with E-state index >= 15 is 0 Å². The number of halogens is 1. The Hall–Kier alpha value is -3.55. The number of anilines is 3. The highest BCUT2D eigenvalue weighted by molar-refractivity contribution is 5.95. The lowest BCUT2D eigenvalue weighted by molar-refractivity contribution is 0.0963. The molecule has 1 aromatic carbocycles. The van der Waals surface area contributed by atoms with E-state index in [4.69, 9.17) is 0 Å². The predicted molar refractivity (Wildman–Crippen MR) is 101 cm³/mol. The van der Waals surface area contributed by atoms with E-state index in [0.717, 1.165) is 5.56 Å². The van der Waals surface area contributed by atoms with Gasteiger partial charge < -0.3 is 16.0 Å². The molecular weight excluding hydrogens is 347 g/mol. The number of nitrogens with zero attached hydrogens (tertiary/aromatic N) is 3. The summed E-state index contributed by atoms with van der Waals surface area (Å²) >= 11 is 0. The second-order valence-electron chi connectivity index (χ2n) is 5.84. The maximum atomic E-state index is 13.1. The molecule has 1 atom stereocenters. The first-order chi connectivity index (χ1) is 13.0. The van der Waals surface area contributed by atoms with Crippen molar-refractivity contribution in [2.75, 3.05) is 17.7 Å². The molecule has 3 aromatic rings. The number of pyridine rings is 1. The molecular formula is C19H19FN6O. The molecule has 0 saturated heterocycles. The van der Waals surface area contributed by atoms with E-state index in [1.54, 1.807) is 49.9 Å². The molecule has 3 rings (SSSR count). The second-order valence-corrected chi connectivity index (χ2v) is 5.84. The van der Waals surface area contributed by atoms with Crippen LogP contribution in [0.2, 0.25) is 0 Å². The lowest BCUT2D eigenvalue weighted by Gasteiger charge is -2.17. The number of nitrogens with one attached hydrogen (secondary N) is 3. The van der Waals surface area contributed by atoms with Crippen molar-refractivity contribution in [3.8, 4) is 0 Å². The summed E-state index contributed by atoms with van der Waals surface area (Å²) in [7, 11) is 1.56. The molecule has 0 radical (unpaired) electrons. The van der Waals surface area contributed by atoms with Gasteiger partial charge in [-0.3, -0.25) is 9.78 Å². The molecule has 1 unspecified atom stereocenters. The molecule has 0 aliphatic heterocycles. The van der Waals surface area contributed by atoms with Gasteiger partial charge in [-0.25, -0.2) is 14.4 Å². The third-order valence-electron chi connectivity index (χ3n) is 3.87. The molecule has 3 N–H and O–H groups in total. The Morgan fingerprint density at radius 2 is 1.81 bits per heavy atom. The van der Waals surface area contributed by atoms with Crippen LogP contribution < -0.4 is 16.0 Å². The minimum absolute atomic E-state index is 0.137. The number of amides is 1. The minimum atomic E-state index is -0.291. The first-order valence-electron chi connectivity index (χ1n) is 8.34. The van der Waals surface area contributed by atoms with Gasteiger partial charge in [0, 0.05) is 31.0 Å². The van der Waals surface area contributed by atoms with Crippen molar-refractivity contribution >= 4 is 23.4 Å². The average molecular weight is 366 g/mol. The zero-order valence-corrected chi connectivity index (χ0v) is 14.9. The molecule has 138 valence electrons. The predicted octanol–water partition coefficient (Wildman–Crippen LogP) is 3.29. The standard InChI is InChI=1S/C19H19FN6O/c1-12(13-3-5-15(20)6-4-13)24-16-9-14(19(27)21-2)10-17(25-16)26-18-11-22-7-8-23-18/h3-12H,1-2H3,(H,21,27)(H2,23,24,25,26). The number of hydrogen-bond donors (Lipinski definition) is 3. The molecule has 7 nitrogen and oxygen atoms in total. The normalized spacial score (nSPS) is 11.5. The first-order valence-corrected chi connectivity index (χ1v) is 8.34. The lowest BCUT2D eigenvalue weighted by Crippen LogP contribution is -2.19. The van der Waals surface area contributed by atoms with E-state index in [1.807, 2.05) is 6.92 Å². The molecule has 0 bridgehead atoms. The number of aromatic nitrogens is 3. The van der Waals surface area contributed by atoms with Crippen LogP contribution in [-0.4, -0.2) is 27.9 Å². The largest absolute Gasteiger partial charge is 0.363 e. The zero-order valence-electron chi connectivity index (χ0n) is 14.9. The second kappa shape index (κ2) is 8.22. The van der Waals surface area contributed by atoms with Crippen LogP contribution in [0, 0.1) is 5.82 Å². The molecule has 0 fully saturated rings. The summed E-state index contributed by atoms with van der Waals surface area (Å²) < 4.78 is 13.1. The van der Waals surface area contributed by atoms with Gasteiger partial charge >= 0.3 is 0 Å². The van der Waals surface area contributed by atoms with Gasteiger partial charge in [-0.1, -0.05) is 12.1 Å². The van der Waals surface area contributed by atoms with E-state index in [1.165, 1.54) is 12.1 Å². The van der Waals surface area contributed by atoms with Crippen LogP contribution in [0.3, 0.4) is 0 Å². The molecule has 2 aromatic heterocycles. The van der Waals surface area contributed by atoms with Crippen LogP contribution in [0.1, 0.15) is 28.9 Å². The van der Waals surface area contributed by atoms with Crippen molar-refractivity contribution in [1.29, 1.82) is 0 Å². The third kappa shape index (κ3) is 4.75. The topological polar surface area (TPSA) is 91.8 Å². The number of hydrogen-bond acceptors (Lipinski definition) is 6. The van der Waals surface area contributed by atoms with Crippen molar-refractivity contribution in [3.05, 3.63) is 71.9 Å². The molecule has 0 aliphatic rings. The Morgan fingerprint density at radius 1 is 1.07 bits per heavy atom. The van der Waals surface area contributed by atoms with Crippen LogP contribution >= 0.6 is 0 Å². The van der Waals surface area contributed by atoms with E-state index in [-0.39, 0.29) is 17.8 Å².